The molecule has 2 heteroatoms. The van der Waals surface area contributed by atoms with E-state index in [0.717, 1.165) is 17.8 Å². The SMILES string of the molecule is Cc1ccccc1SC(C=O)C12CC3CC(CC(C3)C1)C2. The molecule has 4 saturated carbocycles. The molecule has 4 fully saturated rings. The first kappa shape index (κ1) is 13.9. The number of aldehydes is 1. The number of carbonyl (C=O) groups is 1. The van der Waals surface area contributed by atoms with Gasteiger partial charge in [-0.15, -0.1) is 11.8 Å². The van der Waals surface area contributed by atoms with E-state index in [2.05, 4.69) is 31.2 Å². The molecule has 4 aliphatic carbocycles. The molecule has 1 unspecified atom stereocenters. The van der Waals surface area contributed by atoms with Crippen LogP contribution in [-0.4, -0.2) is 11.5 Å². The minimum atomic E-state index is 0.159. The van der Waals surface area contributed by atoms with Gasteiger partial charge in [0.2, 0.25) is 0 Å². The highest BCUT2D eigenvalue weighted by Gasteiger charge is 2.54. The van der Waals surface area contributed by atoms with Gasteiger partial charge in [0.1, 0.15) is 6.29 Å². The summed E-state index contributed by atoms with van der Waals surface area (Å²) in [5.41, 5.74) is 1.61. The summed E-state index contributed by atoms with van der Waals surface area (Å²) in [5.74, 6) is 2.74. The largest absolute Gasteiger partial charge is 0.302 e. The van der Waals surface area contributed by atoms with E-state index in [-0.39, 0.29) is 5.25 Å². The van der Waals surface area contributed by atoms with E-state index >= 15 is 0 Å². The van der Waals surface area contributed by atoms with E-state index in [1.165, 1.54) is 55.3 Å². The first-order valence-corrected chi connectivity index (χ1v) is 9.24. The van der Waals surface area contributed by atoms with Crippen molar-refractivity contribution in [3.63, 3.8) is 0 Å². The van der Waals surface area contributed by atoms with Crippen molar-refractivity contribution in [2.75, 3.05) is 0 Å². The van der Waals surface area contributed by atoms with Gasteiger partial charge in [-0.3, -0.25) is 0 Å². The van der Waals surface area contributed by atoms with E-state index in [1.54, 1.807) is 0 Å². The van der Waals surface area contributed by atoms with E-state index in [1.807, 2.05) is 11.8 Å². The Kier molecular flexibility index (Phi) is 3.40. The summed E-state index contributed by atoms with van der Waals surface area (Å²) in [6, 6.07) is 8.51. The van der Waals surface area contributed by atoms with E-state index < -0.39 is 0 Å². The molecule has 1 aromatic carbocycles. The number of hydrogen-bond donors (Lipinski definition) is 0. The van der Waals surface area contributed by atoms with Crippen LogP contribution in [0.4, 0.5) is 0 Å². The molecule has 112 valence electrons. The summed E-state index contributed by atoms with van der Waals surface area (Å²) in [5, 5.41) is 0.159. The van der Waals surface area contributed by atoms with Crippen molar-refractivity contribution < 1.29 is 4.79 Å². The quantitative estimate of drug-likeness (QED) is 0.583. The fourth-order valence-corrected chi connectivity index (χ4v) is 6.93. The maximum absolute atomic E-state index is 11.9. The van der Waals surface area contributed by atoms with Gasteiger partial charge in [0, 0.05) is 4.90 Å². The average Bonchev–Trinajstić information content (AvgIpc) is 2.44. The Labute approximate surface area is 131 Å². The zero-order valence-corrected chi connectivity index (χ0v) is 13.6. The fourth-order valence-electron chi connectivity index (χ4n) is 5.65. The van der Waals surface area contributed by atoms with Crippen molar-refractivity contribution in [3.05, 3.63) is 29.8 Å². The van der Waals surface area contributed by atoms with Crippen molar-refractivity contribution in [1.82, 2.24) is 0 Å². The molecule has 0 radical (unpaired) electrons. The first-order chi connectivity index (χ1) is 10.2. The van der Waals surface area contributed by atoms with Crippen molar-refractivity contribution >= 4 is 18.0 Å². The standard InChI is InChI=1S/C19H24OS/c1-13-4-2-3-5-17(13)21-18(12-20)19-9-14-6-15(10-19)8-16(7-14)11-19/h2-5,12,14-16,18H,6-11H2,1H3. The Balaban J connectivity index is 1.61. The molecule has 0 aromatic heterocycles. The van der Waals surface area contributed by atoms with Crippen LogP contribution in [0.3, 0.4) is 0 Å². The molecule has 1 atom stereocenters. The lowest BCUT2D eigenvalue weighted by atomic mass is 9.49. The Morgan fingerprint density at radius 2 is 1.67 bits per heavy atom. The highest BCUT2D eigenvalue weighted by Crippen LogP contribution is 2.63. The van der Waals surface area contributed by atoms with Gasteiger partial charge in [-0.2, -0.15) is 0 Å². The molecular weight excluding hydrogens is 276 g/mol. The zero-order valence-electron chi connectivity index (χ0n) is 12.8. The number of carbonyl (C=O) groups excluding carboxylic acids is 1. The molecule has 0 heterocycles. The second-order valence-corrected chi connectivity index (χ2v) is 8.90. The van der Waals surface area contributed by atoms with Crippen molar-refractivity contribution in [2.45, 2.75) is 55.6 Å². The predicted octanol–water partition coefficient (Wildman–Crippen LogP) is 4.87. The summed E-state index contributed by atoms with van der Waals surface area (Å²) in [7, 11) is 0. The van der Waals surface area contributed by atoms with E-state index in [9.17, 15) is 4.79 Å². The lowest BCUT2D eigenvalue weighted by Gasteiger charge is -2.58. The molecule has 1 aromatic rings. The van der Waals surface area contributed by atoms with Crippen LogP contribution in [0.15, 0.2) is 29.2 Å². The van der Waals surface area contributed by atoms with Crippen LogP contribution in [0.25, 0.3) is 0 Å². The number of rotatable bonds is 4. The highest BCUT2D eigenvalue weighted by atomic mass is 32.2. The van der Waals surface area contributed by atoms with Crippen LogP contribution in [0.2, 0.25) is 0 Å². The number of aryl methyl sites for hydroxylation is 1. The number of thioether (sulfide) groups is 1. The number of benzene rings is 1. The summed E-state index contributed by atoms with van der Waals surface area (Å²) in [4.78, 5) is 13.2. The van der Waals surface area contributed by atoms with Crippen LogP contribution in [0, 0.1) is 30.1 Å². The lowest BCUT2D eigenvalue weighted by Crippen LogP contribution is -2.51. The summed E-state index contributed by atoms with van der Waals surface area (Å²) in [6.45, 7) is 2.16. The molecule has 0 saturated heterocycles. The minimum Gasteiger partial charge on any atom is -0.302 e. The normalized spacial score (nSPS) is 38.4. The molecule has 4 bridgehead atoms. The Bertz CT molecular complexity index is 515. The van der Waals surface area contributed by atoms with E-state index in [0.29, 0.717) is 5.41 Å². The molecule has 0 spiro atoms. The second kappa shape index (κ2) is 5.15. The zero-order chi connectivity index (χ0) is 14.4. The molecule has 1 nitrogen and oxygen atoms in total. The average molecular weight is 300 g/mol. The van der Waals surface area contributed by atoms with Crippen LogP contribution in [0.1, 0.15) is 44.1 Å². The third-order valence-corrected chi connectivity index (χ3v) is 7.74. The van der Waals surface area contributed by atoms with Gasteiger partial charge in [-0.1, -0.05) is 18.2 Å². The molecule has 0 aliphatic heterocycles. The van der Waals surface area contributed by atoms with Gasteiger partial charge in [0.15, 0.2) is 0 Å². The Morgan fingerprint density at radius 3 is 2.19 bits per heavy atom. The van der Waals surface area contributed by atoms with Gasteiger partial charge in [-0.05, 0) is 80.2 Å². The van der Waals surface area contributed by atoms with Gasteiger partial charge >= 0.3 is 0 Å². The molecule has 4 aliphatic rings. The van der Waals surface area contributed by atoms with Gasteiger partial charge < -0.3 is 4.79 Å². The van der Waals surface area contributed by atoms with Gasteiger partial charge in [0.05, 0.1) is 5.25 Å². The summed E-state index contributed by atoms with van der Waals surface area (Å²) < 4.78 is 0. The van der Waals surface area contributed by atoms with E-state index in [4.69, 9.17) is 0 Å². The lowest BCUT2D eigenvalue weighted by molar-refractivity contribution is -0.114. The van der Waals surface area contributed by atoms with Crippen molar-refractivity contribution in [2.24, 2.45) is 23.2 Å². The third kappa shape index (κ3) is 2.36. The molecule has 0 N–H and O–H groups in total. The maximum Gasteiger partial charge on any atom is 0.133 e. The molecule has 0 amide bonds. The summed E-state index contributed by atoms with van der Waals surface area (Å²) in [6.07, 6.45) is 9.52. The highest BCUT2D eigenvalue weighted by molar-refractivity contribution is 8.00. The van der Waals surface area contributed by atoms with Crippen molar-refractivity contribution in [1.29, 1.82) is 0 Å². The molecular formula is C19H24OS. The van der Waals surface area contributed by atoms with Crippen LogP contribution < -0.4 is 0 Å². The number of hydrogen-bond acceptors (Lipinski definition) is 2. The molecule has 21 heavy (non-hydrogen) atoms. The first-order valence-electron chi connectivity index (χ1n) is 8.36. The van der Waals surface area contributed by atoms with Crippen LogP contribution >= 0.6 is 11.8 Å². The van der Waals surface area contributed by atoms with Crippen molar-refractivity contribution in [3.8, 4) is 0 Å². The minimum absolute atomic E-state index is 0.159. The summed E-state index contributed by atoms with van der Waals surface area (Å²) >= 11 is 1.84. The Hall–Kier alpha value is -0.760. The van der Waals surface area contributed by atoms with Crippen LogP contribution in [-0.2, 0) is 4.79 Å². The molecule has 5 rings (SSSR count). The predicted molar refractivity (Wildman–Crippen MR) is 87.5 cm³/mol. The fraction of sp³-hybridized carbons (Fsp3) is 0.632. The second-order valence-electron chi connectivity index (χ2n) is 7.72. The maximum atomic E-state index is 11.9. The van der Waals surface area contributed by atoms with Gasteiger partial charge in [-0.25, -0.2) is 0 Å². The topological polar surface area (TPSA) is 17.1 Å². The Morgan fingerprint density at radius 1 is 1.10 bits per heavy atom. The monoisotopic (exact) mass is 300 g/mol. The van der Waals surface area contributed by atoms with Gasteiger partial charge in [0.25, 0.3) is 0 Å². The van der Waals surface area contributed by atoms with Crippen LogP contribution in [0.5, 0.6) is 0 Å². The third-order valence-electron chi connectivity index (χ3n) is 6.16. The smallest absolute Gasteiger partial charge is 0.133 e.